The molecule has 1 amide bonds. The first-order chi connectivity index (χ1) is 13.3. The molecule has 2 aliphatic rings. The van der Waals surface area contributed by atoms with Crippen molar-refractivity contribution in [3.05, 3.63) is 36.2 Å². The lowest BCUT2D eigenvalue weighted by molar-refractivity contribution is -0.132. The van der Waals surface area contributed by atoms with Crippen LogP contribution in [0.25, 0.3) is 11.4 Å². The zero-order valence-electron chi connectivity index (χ0n) is 15.6. The number of piperidine rings is 1. The Labute approximate surface area is 159 Å². The number of nitrogens with one attached hydrogen (secondary N) is 1. The smallest absolute Gasteiger partial charge is 0.244 e. The average Bonchev–Trinajstić information content (AvgIpc) is 3.23. The molecule has 0 aliphatic carbocycles. The first kappa shape index (κ1) is 18.1. The van der Waals surface area contributed by atoms with E-state index < -0.39 is 0 Å². The second-order valence-corrected chi connectivity index (χ2v) is 7.25. The number of aromatic nitrogens is 2. The Hall–Kier alpha value is -2.25. The Morgan fingerprint density at radius 1 is 1.15 bits per heavy atom. The van der Waals surface area contributed by atoms with E-state index in [0.29, 0.717) is 18.1 Å². The summed E-state index contributed by atoms with van der Waals surface area (Å²) in [4.78, 5) is 21.4. The molecule has 0 spiro atoms. The van der Waals surface area contributed by atoms with Crippen LogP contribution in [0.1, 0.15) is 37.6 Å². The van der Waals surface area contributed by atoms with Crippen LogP contribution in [0.5, 0.6) is 0 Å². The van der Waals surface area contributed by atoms with Gasteiger partial charge in [-0.2, -0.15) is 4.98 Å². The monoisotopic (exact) mass is 369 g/mol. The van der Waals surface area contributed by atoms with Crippen molar-refractivity contribution in [1.82, 2.24) is 25.3 Å². The quantitative estimate of drug-likeness (QED) is 0.870. The molecule has 2 fully saturated rings. The van der Waals surface area contributed by atoms with Crippen LogP contribution in [0.3, 0.4) is 0 Å². The van der Waals surface area contributed by atoms with Gasteiger partial charge in [0.25, 0.3) is 0 Å². The third-order valence-corrected chi connectivity index (χ3v) is 5.46. The number of hydrogen-bond donors (Lipinski definition) is 1. The molecule has 144 valence electrons. The molecule has 1 N–H and O–H groups in total. The van der Waals surface area contributed by atoms with Gasteiger partial charge in [0.2, 0.25) is 17.6 Å². The molecule has 7 heteroatoms. The molecule has 0 saturated carbocycles. The summed E-state index contributed by atoms with van der Waals surface area (Å²) in [5.41, 5.74) is 0.962. The van der Waals surface area contributed by atoms with Crippen molar-refractivity contribution in [2.45, 2.75) is 31.7 Å². The topological polar surface area (TPSA) is 74.5 Å². The summed E-state index contributed by atoms with van der Waals surface area (Å²) in [6.45, 7) is 5.13. The van der Waals surface area contributed by atoms with Gasteiger partial charge in [0.05, 0.1) is 6.04 Å². The minimum absolute atomic E-state index is 0.111. The maximum atomic E-state index is 12.5. The van der Waals surface area contributed by atoms with Gasteiger partial charge in [-0.3, -0.25) is 9.69 Å². The Balaban J connectivity index is 1.40. The minimum atomic E-state index is 0.111. The van der Waals surface area contributed by atoms with Crippen molar-refractivity contribution < 1.29 is 9.32 Å². The third-order valence-electron chi connectivity index (χ3n) is 5.46. The molecule has 1 aromatic heterocycles. The van der Waals surface area contributed by atoms with Crippen molar-refractivity contribution >= 4 is 5.91 Å². The van der Waals surface area contributed by atoms with Gasteiger partial charge in [-0.1, -0.05) is 41.9 Å². The Morgan fingerprint density at radius 2 is 1.96 bits per heavy atom. The van der Waals surface area contributed by atoms with E-state index in [1.807, 2.05) is 35.2 Å². The molecule has 7 nitrogen and oxygen atoms in total. The number of rotatable bonds is 5. The number of benzene rings is 1. The maximum Gasteiger partial charge on any atom is 0.244 e. The van der Waals surface area contributed by atoms with E-state index in [0.717, 1.165) is 64.1 Å². The summed E-state index contributed by atoms with van der Waals surface area (Å²) in [7, 11) is 0. The highest BCUT2D eigenvalue weighted by Crippen LogP contribution is 2.31. The molecule has 0 bridgehead atoms. The number of carbonyl (C=O) groups is 1. The van der Waals surface area contributed by atoms with Gasteiger partial charge >= 0.3 is 0 Å². The zero-order chi connectivity index (χ0) is 18.5. The fourth-order valence-electron chi connectivity index (χ4n) is 3.92. The highest BCUT2D eigenvalue weighted by molar-refractivity contribution is 5.76. The van der Waals surface area contributed by atoms with Gasteiger partial charge in [0.1, 0.15) is 0 Å². The number of carbonyl (C=O) groups excluding carboxylic acids is 1. The summed E-state index contributed by atoms with van der Waals surface area (Å²) in [5, 5.41) is 7.46. The van der Waals surface area contributed by atoms with E-state index in [2.05, 4.69) is 20.4 Å². The van der Waals surface area contributed by atoms with E-state index in [9.17, 15) is 4.79 Å². The van der Waals surface area contributed by atoms with Crippen LogP contribution >= 0.6 is 0 Å². The van der Waals surface area contributed by atoms with Crippen LogP contribution in [0.4, 0.5) is 0 Å². The summed E-state index contributed by atoms with van der Waals surface area (Å²) in [6, 6.07) is 10.0. The van der Waals surface area contributed by atoms with Gasteiger partial charge in [0, 0.05) is 44.7 Å². The normalized spacial score (nSPS) is 21.3. The molecule has 4 rings (SSSR count). The summed E-state index contributed by atoms with van der Waals surface area (Å²) < 4.78 is 5.61. The summed E-state index contributed by atoms with van der Waals surface area (Å²) >= 11 is 0. The molecule has 2 aliphatic heterocycles. The molecule has 27 heavy (non-hydrogen) atoms. The van der Waals surface area contributed by atoms with Crippen LogP contribution in [0.15, 0.2) is 34.9 Å². The van der Waals surface area contributed by atoms with Crippen molar-refractivity contribution in [1.29, 1.82) is 0 Å². The lowest BCUT2D eigenvalue weighted by Crippen LogP contribution is -2.47. The van der Waals surface area contributed by atoms with Gasteiger partial charge in [0.15, 0.2) is 0 Å². The highest BCUT2D eigenvalue weighted by atomic mass is 16.5. The fourth-order valence-corrected chi connectivity index (χ4v) is 3.92. The molecule has 1 unspecified atom stereocenters. The van der Waals surface area contributed by atoms with Crippen molar-refractivity contribution in [3.63, 3.8) is 0 Å². The zero-order valence-corrected chi connectivity index (χ0v) is 15.6. The number of likely N-dealkylation sites (tertiary alicyclic amines) is 1. The van der Waals surface area contributed by atoms with Crippen LogP contribution in [0, 0.1) is 0 Å². The van der Waals surface area contributed by atoms with Crippen molar-refractivity contribution in [2.75, 3.05) is 39.3 Å². The van der Waals surface area contributed by atoms with Gasteiger partial charge < -0.3 is 14.7 Å². The molecule has 1 atom stereocenters. The number of piperazine rings is 1. The Morgan fingerprint density at radius 3 is 2.78 bits per heavy atom. The third kappa shape index (κ3) is 4.36. The lowest BCUT2D eigenvalue weighted by Gasteiger charge is -2.34. The van der Waals surface area contributed by atoms with Crippen LogP contribution in [-0.2, 0) is 4.79 Å². The van der Waals surface area contributed by atoms with Crippen LogP contribution in [0.2, 0.25) is 0 Å². The van der Waals surface area contributed by atoms with E-state index in [1.54, 1.807) is 0 Å². The van der Waals surface area contributed by atoms with Crippen LogP contribution < -0.4 is 5.32 Å². The molecular formula is C20H27N5O2. The molecule has 2 saturated heterocycles. The molecule has 0 radical (unpaired) electrons. The maximum absolute atomic E-state index is 12.5. The Bertz CT molecular complexity index is 742. The highest BCUT2D eigenvalue weighted by Gasteiger charge is 2.29. The standard InChI is InChI=1S/C20H27N5O2/c26-18(25-14-10-21-11-15-25)9-13-24-12-5-4-8-17(24)20-22-19(23-27-20)16-6-2-1-3-7-16/h1-3,6-7,17,21H,4-5,8-15H2. The minimum Gasteiger partial charge on any atom is -0.340 e. The Kier molecular flexibility index (Phi) is 5.79. The second kappa shape index (κ2) is 8.63. The van der Waals surface area contributed by atoms with Gasteiger partial charge in [-0.05, 0) is 19.4 Å². The molecule has 3 heterocycles. The van der Waals surface area contributed by atoms with Crippen molar-refractivity contribution in [3.8, 4) is 11.4 Å². The molecule has 2 aromatic rings. The fraction of sp³-hybridized carbons (Fsp3) is 0.550. The molecular weight excluding hydrogens is 342 g/mol. The molecule has 1 aromatic carbocycles. The summed E-state index contributed by atoms with van der Waals surface area (Å²) in [5.74, 6) is 1.55. The van der Waals surface area contributed by atoms with Gasteiger partial charge in [-0.25, -0.2) is 0 Å². The van der Waals surface area contributed by atoms with E-state index in [-0.39, 0.29) is 11.9 Å². The number of nitrogens with zero attached hydrogens (tertiary/aromatic N) is 4. The largest absolute Gasteiger partial charge is 0.340 e. The lowest BCUT2D eigenvalue weighted by atomic mass is 10.0. The first-order valence-electron chi connectivity index (χ1n) is 9.93. The van der Waals surface area contributed by atoms with Crippen LogP contribution in [-0.4, -0.2) is 65.1 Å². The predicted molar refractivity (Wildman–Crippen MR) is 102 cm³/mol. The van der Waals surface area contributed by atoms with Gasteiger partial charge in [-0.15, -0.1) is 0 Å². The predicted octanol–water partition coefficient (Wildman–Crippen LogP) is 2.09. The second-order valence-electron chi connectivity index (χ2n) is 7.25. The number of hydrogen-bond acceptors (Lipinski definition) is 6. The number of amides is 1. The average molecular weight is 369 g/mol. The summed E-state index contributed by atoms with van der Waals surface area (Å²) in [6.07, 6.45) is 3.85. The van der Waals surface area contributed by atoms with E-state index in [4.69, 9.17) is 4.52 Å². The van der Waals surface area contributed by atoms with E-state index >= 15 is 0 Å². The first-order valence-corrected chi connectivity index (χ1v) is 9.93. The van der Waals surface area contributed by atoms with Crippen molar-refractivity contribution in [2.24, 2.45) is 0 Å². The van der Waals surface area contributed by atoms with E-state index in [1.165, 1.54) is 0 Å². The SMILES string of the molecule is O=C(CCN1CCCCC1c1nc(-c2ccccc2)no1)N1CCNCC1.